The van der Waals surface area contributed by atoms with Gasteiger partial charge in [0.15, 0.2) is 0 Å². The van der Waals surface area contributed by atoms with Crippen LogP contribution in [0.25, 0.3) is 0 Å². The highest BCUT2D eigenvalue weighted by Crippen LogP contribution is 2.30. The summed E-state index contributed by atoms with van der Waals surface area (Å²) in [7, 11) is 0. The van der Waals surface area contributed by atoms with Crippen molar-refractivity contribution in [1.29, 1.82) is 5.26 Å². The van der Waals surface area contributed by atoms with E-state index in [9.17, 15) is 14.9 Å². The third-order valence-corrected chi connectivity index (χ3v) is 5.60. The number of hydrogen-bond acceptors (Lipinski definition) is 5. The van der Waals surface area contributed by atoms with Crippen LogP contribution in [0.1, 0.15) is 34.8 Å². The number of pyridine rings is 1. The van der Waals surface area contributed by atoms with Crippen molar-refractivity contribution in [3.8, 4) is 6.07 Å². The maximum atomic E-state index is 13.0. The lowest BCUT2D eigenvalue weighted by Crippen LogP contribution is -2.49. The van der Waals surface area contributed by atoms with E-state index in [1.165, 1.54) is 0 Å². The molecule has 1 saturated heterocycles. The molecule has 3 heterocycles. The molecule has 7 heteroatoms. The van der Waals surface area contributed by atoms with Gasteiger partial charge in [-0.2, -0.15) is 5.26 Å². The van der Waals surface area contributed by atoms with Gasteiger partial charge in [0.1, 0.15) is 11.9 Å². The fourth-order valence-electron chi connectivity index (χ4n) is 4.02. The second-order valence-corrected chi connectivity index (χ2v) is 7.26. The van der Waals surface area contributed by atoms with Crippen LogP contribution < -0.4 is 9.80 Å². The fourth-order valence-corrected chi connectivity index (χ4v) is 4.02. The average molecular weight is 389 g/mol. The summed E-state index contributed by atoms with van der Waals surface area (Å²) in [6, 6.07) is 11.3. The minimum atomic E-state index is 0.00856. The molecule has 0 spiro atoms. The molecule has 0 atom stereocenters. The van der Waals surface area contributed by atoms with Gasteiger partial charge in [-0.15, -0.1) is 0 Å². The number of fused-ring (bicyclic) bond motifs is 1. The Hall–Kier alpha value is -3.40. The molecular formula is C22H23N5O2. The Labute approximate surface area is 170 Å². The molecule has 0 N–H and O–H groups in total. The van der Waals surface area contributed by atoms with Gasteiger partial charge in [-0.3, -0.25) is 9.59 Å². The van der Waals surface area contributed by atoms with Crippen LogP contribution in [0.4, 0.5) is 11.5 Å². The van der Waals surface area contributed by atoms with Gasteiger partial charge < -0.3 is 14.7 Å². The van der Waals surface area contributed by atoms with Gasteiger partial charge >= 0.3 is 0 Å². The van der Waals surface area contributed by atoms with Crippen LogP contribution >= 0.6 is 0 Å². The summed E-state index contributed by atoms with van der Waals surface area (Å²) in [4.78, 5) is 35.1. The second kappa shape index (κ2) is 7.92. The zero-order valence-electron chi connectivity index (χ0n) is 16.5. The summed E-state index contributed by atoms with van der Waals surface area (Å²) in [5.41, 5.74) is 3.21. The number of hydrogen-bond donors (Lipinski definition) is 0. The standard InChI is InChI=1S/C22H23N5O2/c1-2-20(28)27-9-7-16-14-17(5-6-19(16)27)22(29)26-12-10-25(11-13-26)21-18(15-23)4-3-8-24-21/h3-6,8,14H,2,7,9-13H2,1H3. The summed E-state index contributed by atoms with van der Waals surface area (Å²) in [6.45, 7) is 4.99. The van der Waals surface area contributed by atoms with Gasteiger partial charge in [0.05, 0.1) is 5.56 Å². The zero-order valence-corrected chi connectivity index (χ0v) is 16.5. The minimum absolute atomic E-state index is 0.00856. The van der Waals surface area contributed by atoms with Crippen LogP contribution in [0, 0.1) is 11.3 Å². The number of carbonyl (C=O) groups excluding carboxylic acids is 2. The number of nitrogens with zero attached hydrogens (tertiary/aromatic N) is 5. The van der Waals surface area contributed by atoms with E-state index >= 15 is 0 Å². The summed E-state index contributed by atoms with van der Waals surface area (Å²) in [5, 5.41) is 9.28. The molecule has 0 unspecified atom stereocenters. The summed E-state index contributed by atoms with van der Waals surface area (Å²) < 4.78 is 0. The van der Waals surface area contributed by atoms with Crippen molar-refractivity contribution >= 4 is 23.3 Å². The van der Waals surface area contributed by atoms with E-state index in [1.807, 2.05) is 34.9 Å². The Morgan fingerprint density at radius 2 is 1.93 bits per heavy atom. The number of carbonyl (C=O) groups is 2. The molecular weight excluding hydrogens is 366 g/mol. The van der Waals surface area contributed by atoms with Crippen molar-refractivity contribution < 1.29 is 9.59 Å². The number of nitriles is 1. The highest BCUT2D eigenvalue weighted by atomic mass is 16.2. The van der Waals surface area contributed by atoms with Crippen molar-refractivity contribution in [2.45, 2.75) is 19.8 Å². The molecule has 1 aromatic carbocycles. The largest absolute Gasteiger partial charge is 0.352 e. The van der Waals surface area contributed by atoms with Crippen molar-refractivity contribution in [3.05, 3.63) is 53.2 Å². The van der Waals surface area contributed by atoms with E-state index in [1.54, 1.807) is 18.3 Å². The average Bonchev–Trinajstić information content (AvgIpc) is 3.21. The van der Waals surface area contributed by atoms with Crippen LogP contribution in [-0.4, -0.2) is 54.4 Å². The van der Waals surface area contributed by atoms with E-state index in [0.717, 1.165) is 17.7 Å². The molecule has 2 aromatic rings. The normalized spacial score (nSPS) is 15.8. The Morgan fingerprint density at radius 3 is 2.66 bits per heavy atom. The molecule has 1 aromatic heterocycles. The highest BCUT2D eigenvalue weighted by Gasteiger charge is 2.27. The first kappa shape index (κ1) is 18.9. The number of benzene rings is 1. The quantitative estimate of drug-likeness (QED) is 0.804. The van der Waals surface area contributed by atoms with Gasteiger partial charge in [-0.1, -0.05) is 6.92 Å². The minimum Gasteiger partial charge on any atom is -0.352 e. The van der Waals surface area contributed by atoms with Gasteiger partial charge in [0.2, 0.25) is 5.91 Å². The van der Waals surface area contributed by atoms with Crippen molar-refractivity contribution in [3.63, 3.8) is 0 Å². The second-order valence-electron chi connectivity index (χ2n) is 7.26. The lowest BCUT2D eigenvalue weighted by molar-refractivity contribution is -0.118. The molecule has 0 saturated carbocycles. The molecule has 2 aliphatic heterocycles. The van der Waals surface area contributed by atoms with Gasteiger partial charge in [0, 0.05) is 56.6 Å². The monoisotopic (exact) mass is 389 g/mol. The molecule has 148 valence electrons. The Kier molecular flexibility index (Phi) is 5.17. The zero-order chi connectivity index (χ0) is 20.4. The first-order valence-corrected chi connectivity index (χ1v) is 9.95. The Bertz CT molecular complexity index is 989. The summed E-state index contributed by atoms with van der Waals surface area (Å²) in [5.74, 6) is 0.805. The lowest BCUT2D eigenvalue weighted by atomic mass is 10.1. The molecule has 0 aliphatic carbocycles. The SMILES string of the molecule is CCC(=O)N1CCc2cc(C(=O)N3CCN(c4ncccc4C#N)CC3)ccc21. The molecule has 2 aliphatic rings. The summed E-state index contributed by atoms with van der Waals surface area (Å²) >= 11 is 0. The van der Waals surface area contributed by atoms with Crippen LogP contribution in [0.2, 0.25) is 0 Å². The van der Waals surface area contributed by atoms with E-state index in [4.69, 9.17) is 0 Å². The van der Waals surface area contributed by atoms with Crippen molar-refractivity contribution in [2.24, 2.45) is 0 Å². The van der Waals surface area contributed by atoms with Crippen molar-refractivity contribution in [2.75, 3.05) is 42.5 Å². The van der Waals surface area contributed by atoms with E-state index < -0.39 is 0 Å². The van der Waals surface area contributed by atoms with E-state index in [0.29, 0.717) is 56.1 Å². The van der Waals surface area contributed by atoms with Gasteiger partial charge in [-0.25, -0.2) is 4.98 Å². The third kappa shape index (κ3) is 3.54. The van der Waals surface area contributed by atoms with Crippen LogP contribution in [0.15, 0.2) is 36.5 Å². The predicted molar refractivity (Wildman–Crippen MR) is 110 cm³/mol. The number of piperazine rings is 1. The van der Waals surface area contributed by atoms with Crippen LogP contribution in [0.3, 0.4) is 0 Å². The molecule has 2 amide bonds. The molecule has 0 bridgehead atoms. The first-order chi connectivity index (χ1) is 14.1. The van der Waals surface area contributed by atoms with Gasteiger partial charge in [-0.05, 0) is 42.3 Å². The molecule has 0 radical (unpaired) electrons. The Balaban J connectivity index is 1.44. The van der Waals surface area contributed by atoms with Crippen molar-refractivity contribution in [1.82, 2.24) is 9.88 Å². The molecule has 4 rings (SSSR count). The highest BCUT2D eigenvalue weighted by molar-refractivity contribution is 5.98. The predicted octanol–water partition coefficient (Wildman–Crippen LogP) is 2.21. The smallest absolute Gasteiger partial charge is 0.253 e. The first-order valence-electron chi connectivity index (χ1n) is 9.95. The van der Waals surface area contributed by atoms with E-state index in [2.05, 4.69) is 16.0 Å². The number of anilines is 2. The molecule has 1 fully saturated rings. The van der Waals surface area contributed by atoms with Crippen LogP contribution in [0.5, 0.6) is 0 Å². The number of aromatic nitrogens is 1. The van der Waals surface area contributed by atoms with Gasteiger partial charge in [0.25, 0.3) is 5.91 Å². The molecule has 29 heavy (non-hydrogen) atoms. The summed E-state index contributed by atoms with van der Waals surface area (Å²) in [6.07, 6.45) is 2.95. The third-order valence-electron chi connectivity index (χ3n) is 5.60. The maximum absolute atomic E-state index is 13.0. The lowest BCUT2D eigenvalue weighted by Gasteiger charge is -2.35. The topological polar surface area (TPSA) is 80.5 Å². The van der Waals surface area contributed by atoms with Crippen LogP contribution in [-0.2, 0) is 11.2 Å². The Morgan fingerprint density at radius 1 is 1.14 bits per heavy atom. The fraction of sp³-hybridized carbons (Fsp3) is 0.364. The van der Waals surface area contributed by atoms with E-state index in [-0.39, 0.29) is 11.8 Å². The number of rotatable bonds is 3. The number of amides is 2. The maximum Gasteiger partial charge on any atom is 0.253 e. The molecule has 7 nitrogen and oxygen atoms in total.